The molecule has 0 saturated heterocycles. The summed E-state index contributed by atoms with van der Waals surface area (Å²) in [5, 5.41) is 17.2. The molecule has 0 saturated carbocycles. The molecule has 190 valence electrons. The number of carbonyl (C=O) groups excluding carboxylic acids is 1. The molecule has 0 spiro atoms. The zero-order chi connectivity index (χ0) is 26.8. The number of aromatic hydroxyl groups is 1. The molecule has 38 heavy (non-hydrogen) atoms. The molecule has 1 amide bonds. The van der Waals surface area contributed by atoms with E-state index in [0.717, 1.165) is 0 Å². The highest BCUT2D eigenvalue weighted by atomic mass is 35.5. The summed E-state index contributed by atoms with van der Waals surface area (Å²) in [7, 11) is 0. The van der Waals surface area contributed by atoms with Gasteiger partial charge in [0.15, 0.2) is 10.7 Å². The van der Waals surface area contributed by atoms with Gasteiger partial charge in [-0.05, 0) is 79.0 Å². The molecule has 2 aromatic heterocycles. The van der Waals surface area contributed by atoms with Crippen molar-refractivity contribution in [1.29, 1.82) is 0 Å². The van der Waals surface area contributed by atoms with E-state index in [4.69, 9.17) is 55.9 Å². The van der Waals surface area contributed by atoms with E-state index in [1.54, 1.807) is 60.7 Å². The third-order valence-electron chi connectivity index (χ3n) is 5.31. The first kappa shape index (κ1) is 25.8. The average Bonchev–Trinajstić information content (AvgIpc) is 3.52. The monoisotopic (exact) mass is 583 g/mol. The minimum Gasteiger partial charge on any atom is -0.507 e. The topological polar surface area (TPSA) is 101 Å². The first-order valence-electron chi connectivity index (χ1n) is 11.0. The van der Waals surface area contributed by atoms with E-state index >= 15 is 0 Å². The Morgan fingerprint density at radius 1 is 0.974 bits per heavy atom. The Labute approximate surface area is 236 Å². The molecule has 0 aliphatic carbocycles. The third kappa shape index (κ3) is 5.69. The minimum absolute atomic E-state index is 0.0389. The van der Waals surface area contributed by atoms with E-state index < -0.39 is 5.91 Å². The van der Waals surface area contributed by atoms with Gasteiger partial charge in [0, 0.05) is 22.3 Å². The van der Waals surface area contributed by atoms with E-state index in [2.05, 4.69) is 15.6 Å². The summed E-state index contributed by atoms with van der Waals surface area (Å²) in [6.07, 6.45) is 2.78. The van der Waals surface area contributed by atoms with Crippen molar-refractivity contribution >= 4 is 80.9 Å². The Kier molecular flexibility index (Phi) is 7.40. The second-order valence-electron chi connectivity index (χ2n) is 7.94. The molecule has 0 fully saturated rings. The number of aromatic nitrogens is 1. The van der Waals surface area contributed by atoms with Crippen LogP contribution in [0, 0.1) is 0 Å². The SMILES string of the molecule is O=C(C=Cc1ccc(-c2cccc(Cl)c2Cl)o1)NC(=S)Nc1ccc(O)c(-c2nc3cc(Cl)ccc3o2)c1. The Balaban J connectivity index is 1.24. The Morgan fingerprint density at radius 2 is 1.82 bits per heavy atom. The number of rotatable bonds is 5. The van der Waals surface area contributed by atoms with E-state index in [9.17, 15) is 9.90 Å². The molecule has 2 heterocycles. The lowest BCUT2D eigenvalue weighted by Crippen LogP contribution is -2.32. The summed E-state index contributed by atoms with van der Waals surface area (Å²) in [4.78, 5) is 16.8. The summed E-state index contributed by atoms with van der Waals surface area (Å²) in [6.45, 7) is 0. The van der Waals surface area contributed by atoms with Crippen molar-refractivity contribution in [3.05, 3.63) is 93.6 Å². The molecule has 0 atom stereocenters. The predicted octanol–water partition coefficient (Wildman–Crippen LogP) is 7.95. The molecule has 3 N–H and O–H groups in total. The van der Waals surface area contributed by atoms with Gasteiger partial charge >= 0.3 is 0 Å². The van der Waals surface area contributed by atoms with Gasteiger partial charge in [-0.3, -0.25) is 10.1 Å². The average molecular weight is 585 g/mol. The maximum atomic E-state index is 12.4. The van der Waals surface area contributed by atoms with E-state index in [1.807, 2.05) is 0 Å². The van der Waals surface area contributed by atoms with Crippen molar-refractivity contribution in [2.24, 2.45) is 0 Å². The molecule has 0 aliphatic rings. The second-order valence-corrected chi connectivity index (χ2v) is 9.57. The van der Waals surface area contributed by atoms with Gasteiger partial charge < -0.3 is 19.3 Å². The number of oxazole rings is 1. The summed E-state index contributed by atoms with van der Waals surface area (Å²) in [5.41, 5.74) is 2.56. The van der Waals surface area contributed by atoms with Crippen LogP contribution in [0.25, 0.3) is 40.0 Å². The van der Waals surface area contributed by atoms with Crippen LogP contribution in [-0.4, -0.2) is 21.1 Å². The maximum Gasteiger partial charge on any atom is 0.250 e. The third-order valence-corrected chi connectivity index (χ3v) is 6.57. The van der Waals surface area contributed by atoms with Gasteiger partial charge in [0.2, 0.25) is 11.8 Å². The highest BCUT2D eigenvalue weighted by Crippen LogP contribution is 2.35. The van der Waals surface area contributed by atoms with Crippen LogP contribution in [0.3, 0.4) is 0 Å². The number of phenolic OH excluding ortho intramolecular Hbond substituents is 1. The number of halogens is 3. The van der Waals surface area contributed by atoms with Crippen LogP contribution >= 0.6 is 47.0 Å². The normalized spacial score (nSPS) is 11.2. The van der Waals surface area contributed by atoms with Crippen LogP contribution in [0.15, 0.2) is 81.6 Å². The zero-order valence-electron chi connectivity index (χ0n) is 19.2. The summed E-state index contributed by atoms with van der Waals surface area (Å²) < 4.78 is 11.5. The lowest BCUT2D eigenvalue weighted by Gasteiger charge is -2.10. The Hall–Kier alpha value is -3.82. The van der Waals surface area contributed by atoms with Crippen LogP contribution in [0.5, 0.6) is 5.75 Å². The fourth-order valence-corrected chi connectivity index (χ4v) is 4.33. The maximum absolute atomic E-state index is 12.4. The second kappa shape index (κ2) is 10.9. The molecule has 0 bridgehead atoms. The van der Waals surface area contributed by atoms with Gasteiger partial charge in [0.25, 0.3) is 0 Å². The van der Waals surface area contributed by atoms with Gasteiger partial charge in [0.05, 0.1) is 15.6 Å². The van der Waals surface area contributed by atoms with Crippen LogP contribution in [0.2, 0.25) is 15.1 Å². The Bertz CT molecular complexity index is 1730. The number of nitrogens with one attached hydrogen (secondary N) is 2. The van der Waals surface area contributed by atoms with Crippen molar-refractivity contribution < 1.29 is 18.7 Å². The number of amides is 1. The highest BCUT2D eigenvalue weighted by molar-refractivity contribution is 7.80. The quantitative estimate of drug-likeness (QED) is 0.109. The summed E-state index contributed by atoms with van der Waals surface area (Å²) in [6, 6.07) is 18.4. The lowest BCUT2D eigenvalue weighted by atomic mass is 10.1. The molecule has 11 heteroatoms. The first-order chi connectivity index (χ1) is 18.3. The number of fused-ring (bicyclic) bond motifs is 1. The molecule has 5 aromatic rings. The van der Waals surface area contributed by atoms with Gasteiger partial charge in [-0.25, -0.2) is 4.98 Å². The number of furan rings is 1. The largest absolute Gasteiger partial charge is 0.507 e. The highest BCUT2D eigenvalue weighted by Gasteiger charge is 2.15. The van der Waals surface area contributed by atoms with Crippen molar-refractivity contribution in [2.45, 2.75) is 0 Å². The van der Waals surface area contributed by atoms with E-state index in [0.29, 0.717) is 54.5 Å². The number of phenols is 1. The molecule has 5 rings (SSSR count). The molecule has 3 aromatic carbocycles. The molecule has 0 aliphatic heterocycles. The van der Waals surface area contributed by atoms with Gasteiger partial charge in [-0.2, -0.15) is 0 Å². The van der Waals surface area contributed by atoms with Crippen LogP contribution < -0.4 is 10.6 Å². The molecular formula is C27H16Cl3N3O4S. The lowest BCUT2D eigenvalue weighted by molar-refractivity contribution is -0.115. The summed E-state index contributed by atoms with van der Waals surface area (Å²) in [5.74, 6) is 0.644. The van der Waals surface area contributed by atoms with E-state index in [-0.39, 0.29) is 16.8 Å². The molecule has 0 unspecified atom stereocenters. The number of carbonyl (C=O) groups is 1. The van der Waals surface area contributed by atoms with Crippen molar-refractivity contribution in [1.82, 2.24) is 10.3 Å². The summed E-state index contributed by atoms with van der Waals surface area (Å²) >= 11 is 23.6. The minimum atomic E-state index is -0.476. The van der Waals surface area contributed by atoms with Crippen LogP contribution in [-0.2, 0) is 4.79 Å². The smallest absolute Gasteiger partial charge is 0.250 e. The van der Waals surface area contributed by atoms with Crippen molar-refractivity contribution in [3.63, 3.8) is 0 Å². The van der Waals surface area contributed by atoms with E-state index in [1.165, 1.54) is 18.2 Å². The van der Waals surface area contributed by atoms with Crippen molar-refractivity contribution in [3.8, 4) is 28.5 Å². The molecule has 7 nitrogen and oxygen atoms in total. The van der Waals surface area contributed by atoms with Gasteiger partial charge in [-0.1, -0.05) is 40.9 Å². The van der Waals surface area contributed by atoms with Crippen LogP contribution in [0.4, 0.5) is 5.69 Å². The zero-order valence-corrected chi connectivity index (χ0v) is 22.3. The van der Waals surface area contributed by atoms with Gasteiger partial charge in [0.1, 0.15) is 22.8 Å². The Morgan fingerprint density at radius 3 is 2.66 bits per heavy atom. The van der Waals surface area contributed by atoms with Crippen LogP contribution in [0.1, 0.15) is 5.76 Å². The first-order valence-corrected chi connectivity index (χ1v) is 12.5. The van der Waals surface area contributed by atoms with Gasteiger partial charge in [-0.15, -0.1) is 0 Å². The standard InChI is InChI=1S/C27H16Cl3N3O4S/c28-14-4-9-23-20(12-14)32-26(37-23)18-13-15(5-8-21(18)34)31-27(38)33-24(35)11-7-16-6-10-22(36-16)17-2-1-3-19(29)25(17)30/h1-13,34H,(H2,31,33,35,38). The predicted molar refractivity (Wildman–Crippen MR) is 154 cm³/mol. The fraction of sp³-hybridized carbons (Fsp3) is 0. The number of thiocarbonyl (C=S) groups is 1. The molecule has 0 radical (unpaired) electrons. The number of hydrogen-bond donors (Lipinski definition) is 3. The number of hydrogen-bond acceptors (Lipinski definition) is 6. The van der Waals surface area contributed by atoms with Crippen molar-refractivity contribution in [2.75, 3.05) is 5.32 Å². The number of benzene rings is 3. The fourth-order valence-electron chi connectivity index (χ4n) is 3.56. The molecular weight excluding hydrogens is 569 g/mol. The number of anilines is 1. The number of nitrogens with zero attached hydrogens (tertiary/aromatic N) is 1.